The molecule has 0 rings (SSSR count). The van der Waals surface area contributed by atoms with Crippen molar-refractivity contribution < 1.29 is 24.5 Å². The lowest BCUT2D eigenvalue weighted by Crippen LogP contribution is -2.45. The zero-order valence-electron chi connectivity index (χ0n) is 46.5. The SMILES string of the molecule is CCCCCC/C=C\C/C=C\CCCCCCCCCC(=O)OCCCCCCCCCCC/C=C\C/C=C\CCCCCCCCCCCC(=O)NC(CO)C(O)/C=C/CCCCCCCCCC. The fraction of sp³-hybridized carbons (Fsp3) is 0.812. The van der Waals surface area contributed by atoms with Gasteiger partial charge in [-0.2, -0.15) is 0 Å². The Kier molecular flexibility index (Phi) is 57.1. The van der Waals surface area contributed by atoms with Crippen molar-refractivity contribution in [1.29, 1.82) is 0 Å². The van der Waals surface area contributed by atoms with Crippen LogP contribution in [-0.4, -0.2) is 47.4 Å². The molecule has 0 heterocycles. The van der Waals surface area contributed by atoms with E-state index in [9.17, 15) is 19.8 Å². The number of carbonyl (C=O) groups is 2. The van der Waals surface area contributed by atoms with Gasteiger partial charge < -0.3 is 20.3 Å². The number of hydrogen-bond acceptors (Lipinski definition) is 5. The third-order valence-corrected chi connectivity index (χ3v) is 13.8. The van der Waals surface area contributed by atoms with E-state index in [1.807, 2.05) is 6.08 Å². The van der Waals surface area contributed by atoms with Crippen molar-refractivity contribution in [3.8, 4) is 0 Å². The van der Waals surface area contributed by atoms with Crippen molar-refractivity contribution in [3.63, 3.8) is 0 Å². The standard InChI is InChI=1S/C64H117NO5/c1-3-5-7-9-11-13-15-16-17-18-29-32-35-38-42-46-50-54-58-64(69)70-59-55-51-47-43-39-36-33-30-27-25-23-21-19-20-22-24-26-28-31-34-37-41-45-49-53-57-63(68)65-61(60-66)62(67)56-52-48-44-40-14-12-10-8-6-4-2/h13,15,17-18,20-23,52,56,61-62,66-67H,3-12,14,16,19,24-51,53-55,57-60H2,1-2H3,(H,65,68)/b15-13-,18-17-,22-20-,23-21-,56-52+. The Morgan fingerprint density at radius 1 is 0.400 bits per heavy atom. The molecule has 2 atom stereocenters. The molecule has 6 heteroatoms. The Morgan fingerprint density at radius 2 is 0.714 bits per heavy atom. The van der Waals surface area contributed by atoms with Gasteiger partial charge in [-0.3, -0.25) is 9.59 Å². The number of esters is 1. The lowest BCUT2D eigenvalue weighted by Gasteiger charge is -2.20. The molecule has 0 aromatic heterocycles. The summed E-state index contributed by atoms with van der Waals surface area (Å²) < 4.78 is 5.49. The number of hydrogen-bond donors (Lipinski definition) is 3. The van der Waals surface area contributed by atoms with E-state index in [-0.39, 0.29) is 18.5 Å². The van der Waals surface area contributed by atoms with E-state index in [1.165, 1.54) is 225 Å². The fourth-order valence-electron chi connectivity index (χ4n) is 9.05. The van der Waals surface area contributed by atoms with Crippen LogP contribution in [0.15, 0.2) is 60.8 Å². The summed E-state index contributed by atoms with van der Waals surface area (Å²) in [5.74, 6) is -0.0764. The zero-order valence-corrected chi connectivity index (χ0v) is 46.5. The van der Waals surface area contributed by atoms with Crippen LogP contribution in [0.4, 0.5) is 0 Å². The minimum Gasteiger partial charge on any atom is -0.466 e. The fourth-order valence-corrected chi connectivity index (χ4v) is 9.05. The van der Waals surface area contributed by atoms with Crippen LogP contribution in [0, 0.1) is 0 Å². The van der Waals surface area contributed by atoms with E-state index in [0.717, 1.165) is 57.8 Å². The molecular weight excluding hydrogens is 863 g/mol. The summed E-state index contributed by atoms with van der Waals surface area (Å²) in [6.45, 7) is 4.86. The van der Waals surface area contributed by atoms with Crippen molar-refractivity contribution in [2.45, 2.75) is 321 Å². The Bertz CT molecular complexity index is 1220. The van der Waals surface area contributed by atoms with Crippen LogP contribution in [-0.2, 0) is 14.3 Å². The first-order valence-electron chi connectivity index (χ1n) is 30.6. The highest BCUT2D eigenvalue weighted by Gasteiger charge is 2.18. The number of unbranched alkanes of at least 4 members (excludes halogenated alkanes) is 37. The highest BCUT2D eigenvalue weighted by molar-refractivity contribution is 5.76. The topological polar surface area (TPSA) is 95.9 Å². The van der Waals surface area contributed by atoms with E-state index < -0.39 is 12.1 Å². The van der Waals surface area contributed by atoms with E-state index in [4.69, 9.17) is 4.74 Å². The zero-order chi connectivity index (χ0) is 50.7. The van der Waals surface area contributed by atoms with Gasteiger partial charge in [0.25, 0.3) is 0 Å². The molecule has 408 valence electrons. The van der Waals surface area contributed by atoms with E-state index in [2.05, 4.69) is 67.8 Å². The Balaban J connectivity index is 3.43. The Morgan fingerprint density at radius 3 is 1.10 bits per heavy atom. The second-order valence-electron chi connectivity index (χ2n) is 20.7. The molecule has 2 unspecified atom stereocenters. The second-order valence-corrected chi connectivity index (χ2v) is 20.7. The maximum atomic E-state index is 12.4. The first-order valence-corrected chi connectivity index (χ1v) is 30.6. The molecule has 6 nitrogen and oxygen atoms in total. The predicted molar refractivity (Wildman–Crippen MR) is 305 cm³/mol. The van der Waals surface area contributed by atoms with Crippen molar-refractivity contribution in [2.75, 3.05) is 13.2 Å². The van der Waals surface area contributed by atoms with Crippen LogP contribution >= 0.6 is 0 Å². The van der Waals surface area contributed by atoms with Crippen molar-refractivity contribution >= 4 is 11.9 Å². The predicted octanol–water partition coefficient (Wildman–Crippen LogP) is 19.1. The molecule has 0 spiro atoms. The summed E-state index contributed by atoms with van der Waals surface area (Å²) in [4.78, 5) is 24.5. The summed E-state index contributed by atoms with van der Waals surface area (Å²) in [5.41, 5.74) is 0. The van der Waals surface area contributed by atoms with Crippen LogP contribution in [0.5, 0.6) is 0 Å². The number of nitrogens with one attached hydrogen (secondary N) is 1. The molecule has 1 amide bonds. The highest BCUT2D eigenvalue weighted by Crippen LogP contribution is 2.16. The third-order valence-electron chi connectivity index (χ3n) is 13.8. The van der Waals surface area contributed by atoms with Crippen LogP contribution in [0.25, 0.3) is 0 Å². The quantitative estimate of drug-likeness (QED) is 0.0321. The number of aliphatic hydroxyl groups is 2. The van der Waals surface area contributed by atoms with Gasteiger partial charge in [-0.25, -0.2) is 0 Å². The third kappa shape index (κ3) is 54.9. The number of ether oxygens (including phenoxy) is 1. The summed E-state index contributed by atoms with van der Waals surface area (Å²) in [7, 11) is 0. The second kappa shape index (κ2) is 59.1. The number of carbonyl (C=O) groups excluding carboxylic acids is 2. The average molecular weight is 981 g/mol. The number of aliphatic hydroxyl groups excluding tert-OH is 2. The summed E-state index contributed by atoms with van der Waals surface area (Å²) in [6.07, 6.45) is 76.9. The summed E-state index contributed by atoms with van der Waals surface area (Å²) in [5, 5.41) is 23.0. The van der Waals surface area contributed by atoms with Gasteiger partial charge in [-0.1, -0.05) is 261 Å². The first-order chi connectivity index (χ1) is 34.5. The lowest BCUT2D eigenvalue weighted by atomic mass is 10.0. The normalized spacial score (nSPS) is 13.0. The van der Waals surface area contributed by atoms with E-state index in [1.54, 1.807) is 6.08 Å². The lowest BCUT2D eigenvalue weighted by molar-refractivity contribution is -0.143. The Labute approximate surface area is 435 Å². The Hall–Kier alpha value is -2.44. The van der Waals surface area contributed by atoms with Gasteiger partial charge in [0, 0.05) is 12.8 Å². The molecule has 0 aliphatic rings. The van der Waals surface area contributed by atoms with Crippen molar-refractivity contribution in [3.05, 3.63) is 60.8 Å². The smallest absolute Gasteiger partial charge is 0.305 e. The van der Waals surface area contributed by atoms with Gasteiger partial charge in [0.15, 0.2) is 0 Å². The molecular formula is C64H117NO5. The van der Waals surface area contributed by atoms with E-state index in [0.29, 0.717) is 19.4 Å². The molecule has 0 aliphatic carbocycles. The van der Waals surface area contributed by atoms with Gasteiger partial charge in [0.1, 0.15) is 0 Å². The van der Waals surface area contributed by atoms with E-state index >= 15 is 0 Å². The summed E-state index contributed by atoms with van der Waals surface area (Å²) in [6, 6.07) is -0.632. The number of rotatable bonds is 56. The molecule has 3 N–H and O–H groups in total. The van der Waals surface area contributed by atoms with Crippen molar-refractivity contribution in [1.82, 2.24) is 5.32 Å². The maximum Gasteiger partial charge on any atom is 0.305 e. The van der Waals surface area contributed by atoms with Crippen LogP contribution in [0.1, 0.15) is 309 Å². The molecule has 0 radical (unpaired) electrons. The van der Waals surface area contributed by atoms with Gasteiger partial charge in [0.2, 0.25) is 5.91 Å². The minimum atomic E-state index is -0.848. The number of allylic oxidation sites excluding steroid dienone is 9. The van der Waals surface area contributed by atoms with Crippen LogP contribution in [0.3, 0.4) is 0 Å². The van der Waals surface area contributed by atoms with Crippen molar-refractivity contribution in [2.24, 2.45) is 0 Å². The average Bonchev–Trinajstić information content (AvgIpc) is 3.36. The van der Waals surface area contributed by atoms with Crippen LogP contribution in [0.2, 0.25) is 0 Å². The van der Waals surface area contributed by atoms with Gasteiger partial charge >= 0.3 is 5.97 Å². The molecule has 0 fully saturated rings. The van der Waals surface area contributed by atoms with Gasteiger partial charge in [0.05, 0.1) is 25.4 Å². The molecule has 0 aliphatic heterocycles. The van der Waals surface area contributed by atoms with Gasteiger partial charge in [-0.15, -0.1) is 0 Å². The maximum absolute atomic E-state index is 12.4. The molecule has 0 aromatic rings. The first kappa shape index (κ1) is 67.6. The molecule has 70 heavy (non-hydrogen) atoms. The molecule has 0 saturated carbocycles. The largest absolute Gasteiger partial charge is 0.466 e. The monoisotopic (exact) mass is 980 g/mol. The van der Waals surface area contributed by atoms with Gasteiger partial charge in [-0.05, 0) is 96.3 Å². The molecule has 0 saturated heterocycles. The summed E-state index contributed by atoms with van der Waals surface area (Å²) >= 11 is 0. The number of amides is 1. The highest BCUT2D eigenvalue weighted by atomic mass is 16.5. The minimum absolute atomic E-state index is 0.000449. The molecule has 0 aromatic carbocycles. The van der Waals surface area contributed by atoms with Crippen LogP contribution < -0.4 is 5.32 Å². The molecule has 0 bridgehead atoms.